The van der Waals surface area contributed by atoms with E-state index < -0.39 is 0 Å². The van der Waals surface area contributed by atoms with Gasteiger partial charge in [0.15, 0.2) is 0 Å². The highest BCUT2D eigenvalue weighted by molar-refractivity contribution is 7.10. The van der Waals surface area contributed by atoms with Crippen LogP contribution < -0.4 is 15.8 Å². The Hall–Kier alpha value is -3.20. The van der Waals surface area contributed by atoms with Crippen LogP contribution in [0, 0.1) is 5.41 Å². The van der Waals surface area contributed by atoms with Gasteiger partial charge >= 0.3 is 0 Å². The summed E-state index contributed by atoms with van der Waals surface area (Å²) in [4.78, 5) is 17.0. The van der Waals surface area contributed by atoms with Gasteiger partial charge in [-0.05, 0) is 106 Å². The lowest BCUT2D eigenvalue weighted by Crippen LogP contribution is -2.44. The van der Waals surface area contributed by atoms with Crippen molar-refractivity contribution >= 4 is 28.6 Å². The number of ether oxygens (including phenoxy) is 2. The maximum Gasteiger partial charge on any atom is 0.251 e. The van der Waals surface area contributed by atoms with E-state index in [4.69, 9.17) is 20.6 Å². The number of likely N-dealkylation sites (tertiary alicyclic amines) is 1. The summed E-state index contributed by atoms with van der Waals surface area (Å²) in [6.07, 6.45) is 6.28. The number of hydrogen-bond acceptors (Lipinski definition) is 7. The molecule has 2 aliphatic rings. The quantitative estimate of drug-likeness (QED) is 0.219. The molecular formula is C33H42N4O3S. The molecule has 0 spiro atoms. The molecule has 0 bridgehead atoms. The highest BCUT2D eigenvalue weighted by atomic mass is 32.1. The molecule has 1 aromatic heterocycles. The van der Waals surface area contributed by atoms with Gasteiger partial charge in [-0.3, -0.25) is 10.2 Å². The lowest BCUT2D eigenvalue weighted by atomic mass is 9.78. The van der Waals surface area contributed by atoms with Crippen molar-refractivity contribution in [2.75, 3.05) is 39.1 Å². The van der Waals surface area contributed by atoms with E-state index in [-0.39, 0.29) is 23.1 Å². The monoisotopic (exact) mass is 574 g/mol. The van der Waals surface area contributed by atoms with Gasteiger partial charge in [0.05, 0.1) is 5.71 Å². The minimum absolute atomic E-state index is 0.112. The zero-order valence-corrected chi connectivity index (χ0v) is 25.0. The van der Waals surface area contributed by atoms with Gasteiger partial charge in [-0.2, -0.15) is 0 Å². The Bertz CT molecular complexity index is 1320. The van der Waals surface area contributed by atoms with Gasteiger partial charge in [-0.25, -0.2) is 0 Å². The van der Waals surface area contributed by atoms with E-state index in [2.05, 4.69) is 41.7 Å². The third-order valence-electron chi connectivity index (χ3n) is 8.78. The van der Waals surface area contributed by atoms with Crippen molar-refractivity contribution in [3.8, 4) is 5.75 Å². The molecule has 4 N–H and O–H groups in total. The van der Waals surface area contributed by atoms with Crippen molar-refractivity contribution in [1.29, 1.82) is 5.41 Å². The number of nitrogen functional groups attached to an aromatic ring is 1. The highest BCUT2D eigenvalue weighted by Gasteiger charge is 2.36. The molecule has 1 amide bonds. The molecule has 2 unspecified atom stereocenters. The molecule has 41 heavy (non-hydrogen) atoms. The second kappa shape index (κ2) is 13.2. The molecule has 2 fully saturated rings. The third-order valence-corrected chi connectivity index (χ3v) is 9.89. The molecule has 7 nitrogen and oxygen atoms in total. The number of nitrogens with two attached hydrogens (primary N) is 1. The lowest BCUT2D eigenvalue weighted by Gasteiger charge is -2.36. The Morgan fingerprint density at radius 3 is 2.63 bits per heavy atom. The molecule has 0 saturated carbocycles. The molecule has 2 aromatic carbocycles. The molecular weight excluding hydrogens is 532 g/mol. The van der Waals surface area contributed by atoms with Crippen LogP contribution in [0.15, 0.2) is 60.0 Å². The molecule has 2 saturated heterocycles. The van der Waals surface area contributed by atoms with Gasteiger partial charge in [0.1, 0.15) is 11.9 Å². The van der Waals surface area contributed by atoms with E-state index in [0.29, 0.717) is 42.6 Å². The number of thiophene rings is 1. The van der Waals surface area contributed by atoms with Crippen LogP contribution in [0.3, 0.4) is 0 Å². The molecule has 3 heterocycles. The Labute approximate surface area is 247 Å². The number of carbonyl (C=O) groups excluding carboxylic acids is 1. The average molecular weight is 575 g/mol. The van der Waals surface area contributed by atoms with Crippen molar-refractivity contribution in [1.82, 2.24) is 10.2 Å². The fourth-order valence-corrected chi connectivity index (χ4v) is 7.09. The van der Waals surface area contributed by atoms with E-state index in [0.717, 1.165) is 56.4 Å². The summed E-state index contributed by atoms with van der Waals surface area (Å²) >= 11 is 1.73. The van der Waals surface area contributed by atoms with Crippen molar-refractivity contribution in [3.05, 3.63) is 81.5 Å². The summed E-state index contributed by atoms with van der Waals surface area (Å²) in [5.41, 5.74) is 8.71. The molecule has 3 aromatic rings. The summed E-state index contributed by atoms with van der Waals surface area (Å²) in [5, 5.41) is 14.1. The summed E-state index contributed by atoms with van der Waals surface area (Å²) in [7, 11) is 2.20. The van der Waals surface area contributed by atoms with Gasteiger partial charge in [0, 0.05) is 58.5 Å². The zero-order valence-electron chi connectivity index (χ0n) is 24.2. The Morgan fingerprint density at radius 1 is 1.17 bits per heavy atom. The topological polar surface area (TPSA) is 101 Å². The maximum absolute atomic E-state index is 13.3. The normalized spacial score (nSPS) is 21.1. The largest absolute Gasteiger partial charge is 0.490 e. The van der Waals surface area contributed by atoms with Crippen LogP contribution in [0.5, 0.6) is 5.75 Å². The Morgan fingerprint density at radius 2 is 1.93 bits per heavy atom. The molecule has 2 atom stereocenters. The number of hydrogen-bond donors (Lipinski definition) is 3. The van der Waals surface area contributed by atoms with Gasteiger partial charge in [0.25, 0.3) is 5.91 Å². The maximum atomic E-state index is 13.3. The van der Waals surface area contributed by atoms with E-state index >= 15 is 0 Å². The van der Waals surface area contributed by atoms with E-state index in [1.54, 1.807) is 29.5 Å². The second-order valence-corrected chi connectivity index (χ2v) is 12.4. The summed E-state index contributed by atoms with van der Waals surface area (Å²) in [6.45, 7) is 5.28. The predicted octanol–water partition coefficient (Wildman–Crippen LogP) is 5.87. The number of rotatable bonds is 9. The van der Waals surface area contributed by atoms with Crippen LogP contribution in [0.2, 0.25) is 0 Å². The molecule has 218 valence electrons. The smallest absolute Gasteiger partial charge is 0.251 e. The van der Waals surface area contributed by atoms with Crippen molar-refractivity contribution in [2.24, 2.45) is 0 Å². The van der Waals surface area contributed by atoms with Crippen molar-refractivity contribution in [3.63, 3.8) is 0 Å². The fourth-order valence-electron chi connectivity index (χ4n) is 6.10. The number of anilines is 1. The van der Waals surface area contributed by atoms with Gasteiger partial charge in [-0.15, -0.1) is 11.3 Å². The first kappa shape index (κ1) is 29.3. The van der Waals surface area contributed by atoms with Crippen LogP contribution in [0.25, 0.3) is 0 Å². The average Bonchev–Trinajstić information content (AvgIpc) is 3.49. The summed E-state index contributed by atoms with van der Waals surface area (Å²) in [5.74, 6) is 0.657. The second-order valence-electron chi connectivity index (χ2n) is 11.4. The first-order valence-corrected chi connectivity index (χ1v) is 15.6. The van der Waals surface area contributed by atoms with E-state index in [1.807, 2.05) is 24.3 Å². The van der Waals surface area contributed by atoms with Crippen LogP contribution in [0.1, 0.15) is 71.8 Å². The predicted molar refractivity (Wildman–Crippen MR) is 167 cm³/mol. The summed E-state index contributed by atoms with van der Waals surface area (Å²) in [6, 6.07) is 17.6. The number of nitrogens with zero attached hydrogens (tertiary/aromatic N) is 1. The fraction of sp³-hybridized carbons (Fsp3) is 0.455. The first-order chi connectivity index (χ1) is 19.9. The number of amides is 1. The Kier molecular flexibility index (Phi) is 9.42. The van der Waals surface area contributed by atoms with Crippen LogP contribution in [-0.2, 0) is 10.2 Å². The zero-order chi connectivity index (χ0) is 28.8. The third kappa shape index (κ3) is 6.83. The minimum Gasteiger partial charge on any atom is -0.490 e. The SMILES string of the molecule is CCC1CC(Oc2ccc(C(=N)c3cc(C(=O)NCC4(c5cccs5)CCOCC4)ccc3N)cc2)CCCN1C. The van der Waals surface area contributed by atoms with E-state index in [1.165, 1.54) is 4.88 Å². The minimum atomic E-state index is -0.162. The van der Waals surface area contributed by atoms with Crippen molar-refractivity contribution in [2.45, 2.75) is 63.0 Å². The first-order valence-electron chi connectivity index (χ1n) is 14.7. The van der Waals surface area contributed by atoms with E-state index in [9.17, 15) is 4.79 Å². The number of nitrogens with one attached hydrogen (secondary N) is 2. The highest BCUT2D eigenvalue weighted by Crippen LogP contribution is 2.37. The van der Waals surface area contributed by atoms with Gasteiger partial charge in [-0.1, -0.05) is 13.0 Å². The number of carbonyl (C=O) groups is 1. The standard InChI is InChI=1S/C33H42N4O3S/c1-3-25-21-27(6-4-16-37(25)2)40-26-11-8-23(9-12-26)31(35)28-20-24(10-13-29(28)34)32(38)36-22-33(14-17-39-18-15-33)30-7-5-19-41-30/h5,7-13,19-20,25,27,35H,3-4,6,14-18,21-22,34H2,1-2H3,(H,36,38). The lowest BCUT2D eigenvalue weighted by molar-refractivity contribution is 0.0499. The molecule has 2 aliphatic heterocycles. The van der Waals surface area contributed by atoms with Crippen LogP contribution >= 0.6 is 11.3 Å². The van der Waals surface area contributed by atoms with Crippen LogP contribution in [-0.4, -0.2) is 62.0 Å². The number of benzene rings is 2. The van der Waals surface area contributed by atoms with Crippen LogP contribution in [0.4, 0.5) is 5.69 Å². The van der Waals surface area contributed by atoms with Gasteiger partial charge < -0.3 is 25.4 Å². The molecule has 0 aliphatic carbocycles. The molecule has 5 rings (SSSR count). The Balaban J connectivity index is 1.25. The van der Waals surface area contributed by atoms with Crippen molar-refractivity contribution < 1.29 is 14.3 Å². The summed E-state index contributed by atoms with van der Waals surface area (Å²) < 4.78 is 12.0. The van der Waals surface area contributed by atoms with Gasteiger partial charge in [0.2, 0.25) is 0 Å². The molecule has 0 radical (unpaired) electrons. The molecule has 8 heteroatoms.